The maximum Gasteiger partial charge on any atom is 0.158 e. The molecule has 0 saturated heterocycles. The summed E-state index contributed by atoms with van der Waals surface area (Å²) in [4.78, 5) is 8.59. The van der Waals surface area contributed by atoms with E-state index in [1.54, 1.807) is 6.07 Å². The van der Waals surface area contributed by atoms with Crippen LogP contribution >= 0.6 is 0 Å². The Morgan fingerprint density at radius 3 is 2.65 bits per heavy atom. The fraction of sp³-hybridized carbons (Fsp3) is 0.733. The van der Waals surface area contributed by atoms with Crippen LogP contribution in [-0.4, -0.2) is 22.6 Å². The molecule has 114 valence electrons. The summed E-state index contributed by atoms with van der Waals surface area (Å²) in [5.41, 5.74) is 5.80. The summed E-state index contributed by atoms with van der Waals surface area (Å²) in [6.45, 7) is 9.67. The first-order valence-electron chi connectivity index (χ1n) is 7.49. The SMILES string of the molecule is CCOCc1nc(N)cc(NC(C)CCCC(C)C)n1. The van der Waals surface area contributed by atoms with Gasteiger partial charge in [0.05, 0.1) is 0 Å². The van der Waals surface area contributed by atoms with Crippen molar-refractivity contribution in [3.63, 3.8) is 0 Å². The summed E-state index contributed by atoms with van der Waals surface area (Å²) in [7, 11) is 0. The molecule has 1 aromatic heterocycles. The van der Waals surface area contributed by atoms with E-state index < -0.39 is 0 Å². The van der Waals surface area contributed by atoms with Crippen molar-refractivity contribution < 1.29 is 4.74 Å². The molecule has 0 fully saturated rings. The molecule has 0 spiro atoms. The predicted molar refractivity (Wildman–Crippen MR) is 83.5 cm³/mol. The van der Waals surface area contributed by atoms with E-state index in [1.807, 2.05) is 6.92 Å². The van der Waals surface area contributed by atoms with Gasteiger partial charge in [-0.05, 0) is 26.2 Å². The highest BCUT2D eigenvalue weighted by Crippen LogP contribution is 2.14. The highest BCUT2D eigenvalue weighted by molar-refractivity contribution is 5.45. The average molecular weight is 280 g/mol. The van der Waals surface area contributed by atoms with E-state index in [0.717, 1.165) is 18.2 Å². The van der Waals surface area contributed by atoms with E-state index >= 15 is 0 Å². The van der Waals surface area contributed by atoms with Gasteiger partial charge in [0, 0.05) is 18.7 Å². The molecular formula is C15H28N4O. The van der Waals surface area contributed by atoms with Crippen molar-refractivity contribution in [1.82, 2.24) is 9.97 Å². The molecular weight excluding hydrogens is 252 g/mol. The van der Waals surface area contributed by atoms with Crippen LogP contribution in [0.1, 0.15) is 52.8 Å². The zero-order valence-corrected chi connectivity index (χ0v) is 13.1. The number of hydrogen-bond donors (Lipinski definition) is 2. The molecule has 0 amide bonds. The van der Waals surface area contributed by atoms with Gasteiger partial charge in [-0.15, -0.1) is 0 Å². The number of nitrogen functional groups attached to an aromatic ring is 1. The fourth-order valence-electron chi connectivity index (χ4n) is 2.01. The fourth-order valence-corrected chi connectivity index (χ4v) is 2.01. The summed E-state index contributed by atoms with van der Waals surface area (Å²) in [5.74, 6) is 2.65. The second-order valence-electron chi connectivity index (χ2n) is 5.60. The second-order valence-corrected chi connectivity index (χ2v) is 5.60. The minimum atomic E-state index is 0.378. The lowest BCUT2D eigenvalue weighted by Gasteiger charge is -2.16. The number of aromatic nitrogens is 2. The highest BCUT2D eigenvalue weighted by atomic mass is 16.5. The molecule has 5 nitrogen and oxygen atoms in total. The van der Waals surface area contributed by atoms with Crippen LogP contribution < -0.4 is 11.1 Å². The van der Waals surface area contributed by atoms with Crippen LogP contribution in [0.3, 0.4) is 0 Å². The van der Waals surface area contributed by atoms with Crippen LogP contribution in [0.15, 0.2) is 6.07 Å². The third-order valence-electron chi connectivity index (χ3n) is 3.04. The minimum absolute atomic E-state index is 0.378. The van der Waals surface area contributed by atoms with Crippen molar-refractivity contribution in [3.05, 3.63) is 11.9 Å². The Morgan fingerprint density at radius 1 is 1.25 bits per heavy atom. The molecule has 0 aromatic carbocycles. The molecule has 3 N–H and O–H groups in total. The Kier molecular flexibility index (Phi) is 7.30. The third-order valence-corrected chi connectivity index (χ3v) is 3.04. The maximum atomic E-state index is 5.80. The van der Waals surface area contributed by atoms with E-state index in [-0.39, 0.29) is 0 Å². The van der Waals surface area contributed by atoms with Gasteiger partial charge < -0.3 is 15.8 Å². The number of ether oxygens (including phenoxy) is 1. The largest absolute Gasteiger partial charge is 0.384 e. The summed E-state index contributed by atoms with van der Waals surface area (Å²) < 4.78 is 5.32. The van der Waals surface area contributed by atoms with Gasteiger partial charge in [-0.1, -0.05) is 26.7 Å². The quantitative estimate of drug-likeness (QED) is 0.726. The summed E-state index contributed by atoms with van der Waals surface area (Å²) in [6, 6.07) is 2.15. The van der Waals surface area contributed by atoms with Crippen molar-refractivity contribution >= 4 is 11.6 Å². The molecule has 0 aliphatic heterocycles. The summed E-state index contributed by atoms with van der Waals surface area (Å²) in [5, 5.41) is 3.39. The zero-order valence-electron chi connectivity index (χ0n) is 13.1. The van der Waals surface area contributed by atoms with Crippen LogP contribution in [0.5, 0.6) is 0 Å². The summed E-state index contributed by atoms with van der Waals surface area (Å²) in [6.07, 6.45) is 3.61. The monoisotopic (exact) mass is 280 g/mol. The summed E-state index contributed by atoms with van der Waals surface area (Å²) >= 11 is 0. The van der Waals surface area contributed by atoms with Crippen molar-refractivity contribution in [2.24, 2.45) is 5.92 Å². The van der Waals surface area contributed by atoms with E-state index in [9.17, 15) is 0 Å². The lowest BCUT2D eigenvalue weighted by atomic mass is 10.0. The lowest BCUT2D eigenvalue weighted by molar-refractivity contribution is 0.128. The van der Waals surface area contributed by atoms with Gasteiger partial charge in [-0.25, -0.2) is 9.97 Å². The number of nitrogens with one attached hydrogen (secondary N) is 1. The first-order chi connectivity index (χ1) is 9.51. The molecule has 0 radical (unpaired) electrons. The van der Waals surface area contributed by atoms with Crippen molar-refractivity contribution in [1.29, 1.82) is 0 Å². The van der Waals surface area contributed by atoms with Crippen LogP contribution in [-0.2, 0) is 11.3 Å². The van der Waals surface area contributed by atoms with Gasteiger partial charge >= 0.3 is 0 Å². The molecule has 20 heavy (non-hydrogen) atoms. The number of rotatable bonds is 9. The van der Waals surface area contributed by atoms with Crippen LogP contribution in [0, 0.1) is 5.92 Å². The Labute approximate surface area is 122 Å². The number of nitrogens with zero attached hydrogens (tertiary/aromatic N) is 2. The van der Waals surface area contributed by atoms with E-state index in [2.05, 4.69) is 36.1 Å². The Morgan fingerprint density at radius 2 is 2.00 bits per heavy atom. The Bertz CT molecular complexity index is 395. The van der Waals surface area contributed by atoms with Gasteiger partial charge in [0.2, 0.25) is 0 Å². The third kappa shape index (κ3) is 6.70. The van der Waals surface area contributed by atoms with Crippen molar-refractivity contribution in [2.45, 2.75) is 59.6 Å². The topological polar surface area (TPSA) is 73.1 Å². The molecule has 1 heterocycles. The Hall–Kier alpha value is -1.36. The molecule has 1 atom stereocenters. The van der Waals surface area contributed by atoms with Gasteiger partial charge in [0.1, 0.15) is 18.2 Å². The predicted octanol–water partition coefficient (Wildman–Crippen LogP) is 3.22. The molecule has 0 aliphatic carbocycles. The van der Waals surface area contributed by atoms with Crippen molar-refractivity contribution in [2.75, 3.05) is 17.7 Å². The van der Waals surface area contributed by atoms with Gasteiger partial charge in [-0.2, -0.15) is 0 Å². The molecule has 0 bridgehead atoms. The first kappa shape index (κ1) is 16.7. The standard InChI is InChI=1S/C15H28N4O/c1-5-20-10-15-18-13(16)9-14(19-15)17-12(4)8-6-7-11(2)3/h9,11-12H,5-8,10H2,1-4H3,(H3,16,17,18,19). The number of anilines is 2. The second kappa shape index (κ2) is 8.74. The normalized spacial score (nSPS) is 12.7. The van der Waals surface area contributed by atoms with E-state index in [4.69, 9.17) is 10.5 Å². The van der Waals surface area contributed by atoms with E-state index in [0.29, 0.717) is 30.9 Å². The van der Waals surface area contributed by atoms with Crippen LogP contribution in [0.25, 0.3) is 0 Å². The molecule has 1 aromatic rings. The Balaban J connectivity index is 2.51. The average Bonchev–Trinajstić information content (AvgIpc) is 2.35. The van der Waals surface area contributed by atoms with Crippen molar-refractivity contribution in [3.8, 4) is 0 Å². The molecule has 0 aliphatic rings. The van der Waals surface area contributed by atoms with Gasteiger partial charge in [0.15, 0.2) is 5.82 Å². The number of hydrogen-bond acceptors (Lipinski definition) is 5. The molecule has 1 rings (SSSR count). The molecule has 0 saturated carbocycles. The molecule has 1 unspecified atom stereocenters. The van der Waals surface area contributed by atoms with E-state index in [1.165, 1.54) is 12.8 Å². The smallest absolute Gasteiger partial charge is 0.158 e. The highest BCUT2D eigenvalue weighted by Gasteiger charge is 2.07. The minimum Gasteiger partial charge on any atom is -0.384 e. The zero-order chi connectivity index (χ0) is 15.0. The first-order valence-corrected chi connectivity index (χ1v) is 7.49. The van der Waals surface area contributed by atoms with Crippen LogP contribution in [0.2, 0.25) is 0 Å². The van der Waals surface area contributed by atoms with Gasteiger partial charge in [0.25, 0.3) is 0 Å². The van der Waals surface area contributed by atoms with Gasteiger partial charge in [-0.3, -0.25) is 0 Å². The lowest BCUT2D eigenvalue weighted by Crippen LogP contribution is -2.17. The number of nitrogens with two attached hydrogens (primary N) is 1. The van der Waals surface area contributed by atoms with Crippen LogP contribution in [0.4, 0.5) is 11.6 Å². The molecule has 5 heteroatoms. The maximum absolute atomic E-state index is 5.80.